The predicted molar refractivity (Wildman–Crippen MR) is 85.3 cm³/mol. The van der Waals surface area contributed by atoms with E-state index in [4.69, 9.17) is 4.74 Å². The number of rotatable bonds is 3. The van der Waals surface area contributed by atoms with Gasteiger partial charge in [-0.1, -0.05) is 15.9 Å². The van der Waals surface area contributed by atoms with E-state index in [0.29, 0.717) is 6.54 Å². The Bertz CT molecular complexity index is 583. The van der Waals surface area contributed by atoms with Gasteiger partial charge in [0.25, 0.3) is 0 Å². The molecule has 0 aromatic heterocycles. The third kappa shape index (κ3) is 3.28. The Balaban J connectivity index is 2.21. The molecule has 21 heavy (non-hydrogen) atoms. The fourth-order valence-corrected chi connectivity index (χ4v) is 2.92. The monoisotopic (exact) mass is 353 g/mol. The van der Waals surface area contributed by atoms with Gasteiger partial charge in [0.1, 0.15) is 0 Å². The van der Waals surface area contributed by atoms with Crippen LogP contribution >= 0.6 is 15.9 Å². The number of carbonyl (C=O) groups excluding carboxylic acids is 2. The number of nitrogens with zero attached hydrogens (tertiary/aromatic N) is 1. The van der Waals surface area contributed by atoms with Crippen LogP contribution in [0.4, 0.5) is 5.69 Å². The van der Waals surface area contributed by atoms with Gasteiger partial charge in [0.15, 0.2) is 0 Å². The molecule has 114 valence electrons. The minimum absolute atomic E-state index is 0.0227. The number of anilines is 1. The molecular formula is C16H20BrNO3. The second kappa shape index (κ2) is 6.18. The Morgan fingerprint density at radius 2 is 2.00 bits per heavy atom. The molecule has 1 fully saturated rings. The SMILES string of the molecule is Cc1c(Br)ccc(N2CC(C(=O)OC(C)C)CC2=O)c1C. The minimum atomic E-state index is -0.372. The maximum absolute atomic E-state index is 12.2. The highest BCUT2D eigenvalue weighted by atomic mass is 79.9. The minimum Gasteiger partial charge on any atom is -0.463 e. The molecule has 0 bridgehead atoms. The first-order chi connectivity index (χ1) is 9.81. The maximum Gasteiger partial charge on any atom is 0.311 e. The number of halogens is 1. The second-order valence-electron chi connectivity index (χ2n) is 5.71. The van der Waals surface area contributed by atoms with E-state index < -0.39 is 0 Å². The van der Waals surface area contributed by atoms with Crippen molar-refractivity contribution >= 4 is 33.5 Å². The molecule has 1 atom stereocenters. The lowest BCUT2D eigenvalue weighted by atomic mass is 10.1. The maximum atomic E-state index is 12.2. The summed E-state index contributed by atoms with van der Waals surface area (Å²) in [5.74, 6) is -0.680. The van der Waals surface area contributed by atoms with Crippen molar-refractivity contribution < 1.29 is 14.3 Å². The molecule has 1 unspecified atom stereocenters. The van der Waals surface area contributed by atoms with Crippen LogP contribution < -0.4 is 4.90 Å². The molecule has 0 N–H and O–H groups in total. The molecule has 0 radical (unpaired) electrons. The first-order valence-electron chi connectivity index (χ1n) is 7.07. The Labute approximate surface area is 133 Å². The van der Waals surface area contributed by atoms with E-state index in [1.807, 2.05) is 39.8 Å². The van der Waals surface area contributed by atoms with Gasteiger partial charge < -0.3 is 9.64 Å². The zero-order valence-corrected chi connectivity index (χ0v) is 14.4. The van der Waals surface area contributed by atoms with Crippen LogP contribution in [-0.4, -0.2) is 24.5 Å². The third-order valence-corrected chi connectivity index (χ3v) is 4.65. The van der Waals surface area contributed by atoms with Crippen molar-refractivity contribution in [2.45, 2.75) is 40.2 Å². The zero-order valence-electron chi connectivity index (χ0n) is 12.8. The highest BCUT2D eigenvalue weighted by Crippen LogP contribution is 2.32. The summed E-state index contributed by atoms with van der Waals surface area (Å²) in [6.07, 6.45) is 0.0680. The zero-order chi connectivity index (χ0) is 15.7. The van der Waals surface area contributed by atoms with Crippen molar-refractivity contribution in [3.63, 3.8) is 0 Å². The van der Waals surface area contributed by atoms with E-state index in [2.05, 4.69) is 15.9 Å². The van der Waals surface area contributed by atoms with Crippen molar-refractivity contribution in [2.75, 3.05) is 11.4 Å². The molecule has 1 aliphatic heterocycles. The molecule has 0 aliphatic carbocycles. The van der Waals surface area contributed by atoms with Crippen molar-refractivity contribution in [1.29, 1.82) is 0 Å². The average molecular weight is 354 g/mol. The van der Waals surface area contributed by atoms with Crippen LogP contribution in [0, 0.1) is 19.8 Å². The van der Waals surface area contributed by atoms with Gasteiger partial charge in [-0.25, -0.2) is 0 Å². The van der Waals surface area contributed by atoms with Crippen LogP contribution in [0.15, 0.2) is 16.6 Å². The Kier molecular flexibility index (Phi) is 4.71. The van der Waals surface area contributed by atoms with Gasteiger partial charge >= 0.3 is 5.97 Å². The summed E-state index contributed by atoms with van der Waals surface area (Å²) in [5, 5.41) is 0. The lowest BCUT2D eigenvalue weighted by Gasteiger charge is -2.21. The van der Waals surface area contributed by atoms with Crippen molar-refractivity contribution in [2.24, 2.45) is 5.92 Å². The number of carbonyl (C=O) groups is 2. The van der Waals surface area contributed by atoms with Crippen LogP contribution in [0.5, 0.6) is 0 Å². The van der Waals surface area contributed by atoms with Gasteiger partial charge in [-0.15, -0.1) is 0 Å². The van der Waals surface area contributed by atoms with Crippen LogP contribution in [0.25, 0.3) is 0 Å². The summed E-state index contributed by atoms with van der Waals surface area (Å²) in [5.41, 5.74) is 3.03. The van der Waals surface area contributed by atoms with E-state index >= 15 is 0 Å². The Morgan fingerprint density at radius 3 is 2.62 bits per heavy atom. The highest BCUT2D eigenvalue weighted by Gasteiger charge is 2.37. The molecule has 1 aromatic rings. The second-order valence-corrected chi connectivity index (χ2v) is 6.56. The summed E-state index contributed by atoms with van der Waals surface area (Å²) < 4.78 is 6.23. The molecule has 1 aliphatic rings. The fourth-order valence-electron chi connectivity index (χ4n) is 2.49. The van der Waals surface area contributed by atoms with Gasteiger partial charge in [-0.3, -0.25) is 9.59 Å². The number of benzene rings is 1. The molecular weight excluding hydrogens is 334 g/mol. The van der Waals surface area contributed by atoms with Crippen LogP contribution in [0.1, 0.15) is 31.4 Å². The topological polar surface area (TPSA) is 46.6 Å². The normalized spacial score (nSPS) is 18.5. The Hall–Kier alpha value is -1.36. The summed E-state index contributed by atoms with van der Waals surface area (Å²) >= 11 is 3.49. The Morgan fingerprint density at radius 1 is 1.33 bits per heavy atom. The van der Waals surface area contributed by atoms with E-state index in [9.17, 15) is 9.59 Å². The number of amides is 1. The highest BCUT2D eigenvalue weighted by molar-refractivity contribution is 9.10. The van der Waals surface area contributed by atoms with E-state index in [1.165, 1.54) is 0 Å². The molecule has 2 rings (SSSR count). The lowest BCUT2D eigenvalue weighted by Crippen LogP contribution is -2.28. The molecule has 1 saturated heterocycles. The van der Waals surface area contributed by atoms with Gasteiger partial charge in [0, 0.05) is 23.1 Å². The number of esters is 1. The molecule has 1 amide bonds. The van der Waals surface area contributed by atoms with Gasteiger partial charge in [0.05, 0.1) is 12.0 Å². The van der Waals surface area contributed by atoms with Crippen molar-refractivity contribution in [1.82, 2.24) is 0 Å². The van der Waals surface area contributed by atoms with E-state index in [0.717, 1.165) is 21.3 Å². The van der Waals surface area contributed by atoms with Crippen LogP contribution in [0.2, 0.25) is 0 Å². The van der Waals surface area contributed by atoms with E-state index in [-0.39, 0.29) is 30.3 Å². The van der Waals surface area contributed by atoms with Crippen LogP contribution in [0.3, 0.4) is 0 Å². The molecule has 0 spiro atoms. The molecule has 4 nitrogen and oxygen atoms in total. The van der Waals surface area contributed by atoms with Gasteiger partial charge in [0.2, 0.25) is 5.91 Å². The number of ether oxygens (including phenoxy) is 1. The van der Waals surface area contributed by atoms with Gasteiger partial charge in [-0.05, 0) is 51.0 Å². The number of hydrogen-bond acceptors (Lipinski definition) is 3. The number of hydrogen-bond donors (Lipinski definition) is 0. The quantitative estimate of drug-likeness (QED) is 0.782. The van der Waals surface area contributed by atoms with E-state index in [1.54, 1.807) is 4.90 Å². The largest absolute Gasteiger partial charge is 0.463 e. The average Bonchev–Trinajstić information content (AvgIpc) is 2.78. The molecule has 1 heterocycles. The predicted octanol–water partition coefficient (Wildman–Crippen LogP) is 3.37. The molecule has 5 heteroatoms. The van der Waals surface area contributed by atoms with Crippen LogP contribution in [-0.2, 0) is 14.3 Å². The first kappa shape index (κ1) is 16.0. The summed E-state index contributed by atoms with van der Waals surface area (Å²) in [7, 11) is 0. The summed E-state index contributed by atoms with van der Waals surface area (Å²) in [6, 6.07) is 3.85. The molecule has 0 saturated carbocycles. The molecule has 1 aromatic carbocycles. The van der Waals surface area contributed by atoms with Gasteiger partial charge in [-0.2, -0.15) is 0 Å². The summed E-state index contributed by atoms with van der Waals surface area (Å²) in [4.78, 5) is 25.9. The lowest BCUT2D eigenvalue weighted by molar-refractivity contribution is -0.152. The smallest absolute Gasteiger partial charge is 0.311 e. The summed E-state index contributed by atoms with van der Waals surface area (Å²) in [6.45, 7) is 8.02. The third-order valence-electron chi connectivity index (χ3n) is 3.79. The first-order valence-corrected chi connectivity index (χ1v) is 7.87. The fraction of sp³-hybridized carbons (Fsp3) is 0.500. The van der Waals surface area contributed by atoms with Crippen molar-refractivity contribution in [3.8, 4) is 0 Å². The standard InChI is InChI=1S/C16H20BrNO3/c1-9(2)21-16(20)12-7-15(19)18(8-12)14-6-5-13(17)10(3)11(14)4/h5-6,9,12H,7-8H2,1-4H3. The van der Waals surface area contributed by atoms with Crippen molar-refractivity contribution in [3.05, 3.63) is 27.7 Å².